The van der Waals surface area contributed by atoms with Crippen LogP contribution in [0.3, 0.4) is 0 Å². The first-order chi connectivity index (χ1) is 20.0. The zero-order valence-corrected chi connectivity index (χ0v) is 31.6. The molecule has 4 bridgehead atoms. The van der Waals surface area contributed by atoms with Gasteiger partial charge in [-0.05, 0) is 66.2 Å². The van der Waals surface area contributed by atoms with Gasteiger partial charge in [0.1, 0.15) is 0 Å². The summed E-state index contributed by atoms with van der Waals surface area (Å²) in [5, 5.41) is 0. The number of rotatable bonds is 2. The minimum absolute atomic E-state index is 0. The van der Waals surface area contributed by atoms with Gasteiger partial charge in [-0.2, -0.15) is 0 Å². The van der Waals surface area contributed by atoms with Gasteiger partial charge in [-0.15, -0.1) is 0 Å². The quantitative estimate of drug-likeness (QED) is 0.242. The maximum absolute atomic E-state index is 6.73. The van der Waals surface area contributed by atoms with Crippen molar-refractivity contribution in [3.63, 3.8) is 0 Å². The van der Waals surface area contributed by atoms with E-state index in [1.54, 1.807) is 0 Å². The van der Waals surface area contributed by atoms with Crippen molar-refractivity contribution in [2.24, 2.45) is 0 Å². The monoisotopic (exact) mass is 727 g/mol. The van der Waals surface area contributed by atoms with Gasteiger partial charge in [0, 0.05) is 122 Å². The number of fused-ring (bicyclic) bond motifs is 6. The summed E-state index contributed by atoms with van der Waals surface area (Å²) < 4.78 is -1.48. The number of alkyl halides is 4. The maximum atomic E-state index is 6.73. The van der Waals surface area contributed by atoms with Crippen LogP contribution in [0.4, 0.5) is 0 Å². The second kappa shape index (κ2) is 20.7. The predicted molar refractivity (Wildman–Crippen MR) is 183 cm³/mol. The van der Waals surface area contributed by atoms with Crippen molar-refractivity contribution in [2.45, 2.75) is 48.4 Å². The Kier molecular flexibility index (Phi) is 19.5. The van der Waals surface area contributed by atoms with Gasteiger partial charge in [0.05, 0.1) is 0 Å². The van der Waals surface area contributed by atoms with Crippen molar-refractivity contribution in [3.05, 3.63) is 0 Å². The third-order valence-corrected chi connectivity index (χ3v) is 11.4. The summed E-state index contributed by atoms with van der Waals surface area (Å²) in [5.74, 6) is 0. The molecule has 8 nitrogen and oxygen atoms in total. The minimum Gasteiger partial charge on any atom is -0.305 e. The van der Waals surface area contributed by atoms with E-state index in [2.05, 4.69) is 67.1 Å². The minimum atomic E-state index is -0.741. The predicted octanol–water partition coefficient (Wildman–Crippen LogP) is 3.56. The molecule has 4 aliphatic rings. The fourth-order valence-corrected chi connectivity index (χ4v) is 7.33. The third-order valence-electron chi connectivity index (χ3n) is 9.65. The fourth-order valence-electron chi connectivity index (χ4n) is 6.32. The van der Waals surface area contributed by atoms with Crippen LogP contribution in [0.25, 0.3) is 0 Å². The fraction of sp³-hybridized carbons (Fsp3) is 1.00. The van der Waals surface area contributed by atoms with Gasteiger partial charge in [-0.3, -0.25) is 9.80 Å². The number of hydrogen-bond acceptors (Lipinski definition) is 8. The molecule has 0 aromatic carbocycles. The molecule has 4 aliphatic heterocycles. The van der Waals surface area contributed by atoms with Crippen LogP contribution in [-0.2, 0) is 17.1 Å². The Morgan fingerprint density at radius 2 is 0.837 bits per heavy atom. The summed E-state index contributed by atoms with van der Waals surface area (Å²) in [7, 11) is 4.35. The standard InChI is InChI=1S/C16H32Cl2N4.C14H28Cl2N4.Mn/c1-3-19-7-5-8-21-11-10-20(4-2)9-6-16(17,18)22(14-12-19)15-13-21;1-17-5-3-6-19-10-8-18(2)7-4-14(15,16)20(12-9-17)13-11-19;/h3-15H2,1-2H3;3-13H2,1-2H3;. The van der Waals surface area contributed by atoms with Crippen LogP contribution >= 0.6 is 46.4 Å². The van der Waals surface area contributed by atoms with Crippen LogP contribution in [0.5, 0.6) is 0 Å². The Morgan fingerprint density at radius 3 is 1.44 bits per heavy atom. The van der Waals surface area contributed by atoms with Crippen LogP contribution in [0.15, 0.2) is 0 Å². The summed E-state index contributed by atoms with van der Waals surface area (Å²) in [4.78, 5) is 19.4. The second-order valence-electron chi connectivity index (χ2n) is 12.7. The molecule has 4 unspecified atom stereocenters. The van der Waals surface area contributed by atoms with E-state index >= 15 is 0 Å². The summed E-state index contributed by atoms with van der Waals surface area (Å²) in [6.07, 6.45) is 4.12. The molecule has 0 amide bonds. The first kappa shape index (κ1) is 40.5. The average molecular weight is 730 g/mol. The molecule has 4 heterocycles. The van der Waals surface area contributed by atoms with Gasteiger partial charge in [0.25, 0.3) is 0 Å². The zero-order chi connectivity index (χ0) is 30.6. The molecule has 0 spiro atoms. The number of nitrogens with zero attached hydrogens (tertiary/aromatic N) is 8. The molecular formula is C30H60Cl4MnN8. The van der Waals surface area contributed by atoms with Crippen LogP contribution in [0.1, 0.15) is 39.5 Å². The molecule has 0 aliphatic carbocycles. The summed E-state index contributed by atoms with van der Waals surface area (Å²) in [5.41, 5.74) is 0. The third kappa shape index (κ3) is 14.6. The zero-order valence-electron chi connectivity index (χ0n) is 27.4. The summed E-state index contributed by atoms with van der Waals surface area (Å²) in [6.45, 7) is 25.9. The molecule has 0 saturated carbocycles. The molecule has 4 fully saturated rings. The van der Waals surface area contributed by atoms with Crippen molar-refractivity contribution >= 4 is 46.4 Å². The largest absolute Gasteiger partial charge is 0.305 e. The summed E-state index contributed by atoms with van der Waals surface area (Å²) >= 11 is 26.7. The molecule has 4 rings (SSSR count). The van der Waals surface area contributed by atoms with Crippen molar-refractivity contribution in [1.29, 1.82) is 0 Å². The van der Waals surface area contributed by atoms with Gasteiger partial charge in [-0.25, -0.2) is 0 Å². The van der Waals surface area contributed by atoms with Crippen LogP contribution in [0.2, 0.25) is 0 Å². The number of likely N-dealkylation sites (N-methyl/N-ethyl adjacent to an activating group) is 4. The van der Waals surface area contributed by atoms with Gasteiger partial charge in [0.2, 0.25) is 0 Å². The van der Waals surface area contributed by atoms with E-state index < -0.39 is 8.91 Å². The number of halogens is 4. The Bertz CT molecular complexity index is 753. The molecule has 1 radical (unpaired) electrons. The molecular weight excluding hydrogens is 669 g/mol. The van der Waals surface area contributed by atoms with E-state index in [1.165, 1.54) is 32.5 Å². The molecule has 255 valence electrons. The van der Waals surface area contributed by atoms with Gasteiger partial charge >= 0.3 is 0 Å². The first-order valence-corrected chi connectivity index (χ1v) is 18.1. The van der Waals surface area contributed by atoms with E-state index in [0.29, 0.717) is 0 Å². The normalized spacial score (nSPS) is 32.9. The van der Waals surface area contributed by atoms with Crippen LogP contribution < -0.4 is 0 Å². The molecule has 4 saturated heterocycles. The van der Waals surface area contributed by atoms with Crippen LogP contribution in [-0.4, -0.2) is 193 Å². The van der Waals surface area contributed by atoms with Crippen molar-refractivity contribution in [3.8, 4) is 0 Å². The van der Waals surface area contributed by atoms with E-state index in [-0.39, 0.29) is 17.1 Å². The SMILES string of the molecule is CCN1CCCN2CCN(CC)CCC(Cl)(Cl)N(CC1)CC2.CN1CCCN2CCN(C)CCC(Cl)(Cl)N(CC1)CC2.[Mn]. The first-order valence-electron chi connectivity index (χ1n) is 16.5. The summed E-state index contributed by atoms with van der Waals surface area (Å²) in [6, 6.07) is 0. The van der Waals surface area contributed by atoms with Crippen molar-refractivity contribution in [2.75, 3.05) is 145 Å². The van der Waals surface area contributed by atoms with Crippen molar-refractivity contribution < 1.29 is 17.1 Å². The van der Waals surface area contributed by atoms with Crippen molar-refractivity contribution in [1.82, 2.24) is 39.2 Å². The second-order valence-corrected chi connectivity index (χ2v) is 15.6. The Hall–Kier alpha value is 1.36. The van der Waals surface area contributed by atoms with Gasteiger partial charge in [-0.1, -0.05) is 60.3 Å². The Morgan fingerprint density at radius 1 is 0.442 bits per heavy atom. The molecule has 0 N–H and O–H groups in total. The Balaban J connectivity index is 0.000000295. The molecule has 13 heteroatoms. The van der Waals surface area contributed by atoms with E-state index in [0.717, 1.165) is 124 Å². The molecule has 0 aromatic rings. The van der Waals surface area contributed by atoms with E-state index in [1.807, 2.05) is 0 Å². The smallest absolute Gasteiger partial charge is 0.172 e. The number of hydrogen-bond donors (Lipinski definition) is 0. The molecule has 43 heavy (non-hydrogen) atoms. The average Bonchev–Trinajstić information content (AvgIpc) is 2.96. The Labute approximate surface area is 294 Å². The van der Waals surface area contributed by atoms with E-state index in [4.69, 9.17) is 46.4 Å². The van der Waals surface area contributed by atoms with Gasteiger partial charge in [0.15, 0.2) is 8.91 Å². The topological polar surface area (TPSA) is 25.9 Å². The maximum Gasteiger partial charge on any atom is 0.172 e. The molecule has 4 atom stereocenters. The van der Waals surface area contributed by atoms with E-state index in [9.17, 15) is 0 Å². The van der Waals surface area contributed by atoms with Crippen LogP contribution in [0, 0.1) is 0 Å². The van der Waals surface area contributed by atoms with Gasteiger partial charge < -0.3 is 29.4 Å². The molecule has 0 aromatic heterocycles.